The van der Waals surface area contributed by atoms with Gasteiger partial charge in [0.05, 0.1) is 29.6 Å². The minimum atomic E-state index is -0.511. The number of nitrogens with zero attached hydrogens (tertiary/aromatic N) is 1. The van der Waals surface area contributed by atoms with Gasteiger partial charge in [-0.1, -0.05) is 15.9 Å². The molecule has 0 saturated carbocycles. The summed E-state index contributed by atoms with van der Waals surface area (Å²) in [5.74, 6) is -0.840. The number of hydrogen-bond donors (Lipinski definition) is 1. The molecule has 0 bridgehead atoms. The summed E-state index contributed by atoms with van der Waals surface area (Å²) >= 11 is 5.34. The van der Waals surface area contributed by atoms with Gasteiger partial charge in [-0.25, -0.2) is 0 Å². The van der Waals surface area contributed by atoms with Gasteiger partial charge < -0.3 is 15.0 Å². The van der Waals surface area contributed by atoms with E-state index in [4.69, 9.17) is 4.74 Å². The molecule has 0 aliphatic carbocycles. The minimum absolute atomic E-state index is 0.0855. The van der Waals surface area contributed by atoms with Crippen LogP contribution in [0.25, 0.3) is 0 Å². The van der Waals surface area contributed by atoms with Gasteiger partial charge in [-0.05, 0) is 75.4 Å². The maximum atomic E-state index is 12.9. The Morgan fingerprint density at radius 3 is 2.44 bits per heavy atom. The van der Waals surface area contributed by atoms with Crippen molar-refractivity contribution in [3.63, 3.8) is 0 Å². The molecule has 6 nitrogen and oxygen atoms in total. The first kappa shape index (κ1) is 23.9. The highest BCUT2D eigenvalue weighted by Gasteiger charge is 2.31. The lowest BCUT2D eigenvalue weighted by atomic mass is 10.0. The molecule has 0 aliphatic heterocycles. The van der Waals surface area contributed by atoms with E-state index in [9.17, 15) is 14.4 Å². The monoisotopic (exact) mass is 552 g/mol. The molecule has 0 fully saturated rings. The largest absolute Gasteiger partial charge is 0.466 e. The summed E-state index contributed by atoms with van der Waals surface area (Å²) in [5.41, 5.74) is 0.415. The van der Waals surface area contributed by atoms with Gasteiger partial charge in [0, 0.05) is 15.2 Å². The lowest BCUT2D eigenvalue weighted by Crippen LogP contribution is -2.47. The number of alkyl halides is 1. The average molecular weight is 553 g/mol. The van der Waals surface area contributed by atoms with Gasteiger partial charge in [0.25, 0.3) is 5.91 Å². The van der Waals surface area contributed by atoms with E-state index in [1.54, 1.807) is 30.9 Å². The Bertz CT molecular complexity index is 703. The number of anilines is 1. The van der Waals surface area contributed by atoms with Crippen molar-refractivity contribution in [2.75, 3.05) is 16.8 Å². The molecule has 0 aliphatic rings. The Kier molecular flexibility index (Phi) is 9.20. The molecule has 27 heavy (non-hydrogen) atoms. The van der Waals surface area contributed by atoms with E-state index >= 15 is 0 Å². The zero-order valence-electron chi connectivity index (χ0n) is 16.3. The zero-order valence-corrected chi connectivity index (χ0v) is 20.0. The third-order valence-electron chi connectivity index (χ3n) is 3.63. The number of esters is 1. The highest BCUT2D eigenvalue weighted by Crippen LogP contribution is 2.30. The molecule has 150 valence electrons. The number of carbonyl (C=O) groups excluding carboxylic acids is 3. The Hall–Kier alpha value is -1.16. The van der Waals surface area contributed by atoms with Gasteiger partial charge in [0.1, 0.15) is 0 Å². The van der Waals surface area contributed by atoms with Crippen LogP contribution in [0.4, 0.5) is 5.69 Å². The molecule has 1 atom stereocenters. The standard InChI is InChI=1S/C19H26BrIN2O4/c1-6-27-17(25)9-12(2)22-18(26)14-10-13(21)7-8-15(14)23(16(24)11-20)19(3,4)5/h7-8,10,12H,6,9,11H2,1-5H3,(H,22,26)/t12-/m0/s1. The predicted molar refractivity (Wildman–Crippen MR) is 118 cm³/mol. The Morgan fingerprint density at radius 1 is 1.30 bits per heavy atom. The summed E-state index contributed by atoms with van der Waals surface area (Å²) in [6.45, 7) is 9.52. The maximum absolute atomic E-state index is 12.9. The van der Waals surface area contributed by atoms with E-state index in [0.717, 1.165) is 3.57 Å². The van der Waals surface area contributed by atoms with Crippen LogP contribution in [0.3, 0.4) is 0 Å². The number of halogens is 2. The van der Waals surface area contributed by atoms with Crippen LogP contribution in [-0.4, -0.2) is 41.3 Å². The van der Waals surface area contributed by atoms with E-state index in [1.807, 2.05) is 26.8 Å². The van der Waals surface area contributed by atoms with E-state index in [-0.39, 0.29) is 29.5 Å². The molecule has 0 radical (unpaired) electrons. The van der Waals surface area contributed by atoms with E-state index in [2.05, 4.69) is 43.8 Å². The van der Waals surface area contributed by atoms with Gasteiger partial charge in [0.15, 0.2) is 0 Å². The van der Waals surface area contributed by atoms with E-state index < -0.39 is 11.6 Å². The summed E-state index contributed by atoms with van der Waals surface area (Å²) in [5, 5.41) is 2.97. The van der Waals surface area contributed by atoms with Crippen molar-refractivity contribution in [1.82, 2.24) is 5.32 Å². The molecule has 0 heterocycles. The highest BCUT2D eigenvalue weighted by molar-refractivity contribution is 14.1. The lowest BCUT2D eigenvalue weighted by Gasteiger charge is -2.36. The maximum Gasteiger partial charge on any atom is 0.307 e. The summed E-state index contributed by atoms with van der Waals surface area (Å²) in [7, 11) is 0. The highest BCUT2D eigenvalue weighted by atomic mass is 127. The third-order valence-corrected chi connectivity index (χ3v) is 4.79. The normalized spacial score (nSPS) is 12.3. The minimum Gasteiger partial charge on any atom is -0.466 e. The summed E-state index contributed by atoms with van der Waals surface area (Å²) in [4.78, 5) is 38.7. The lowest BCUT2D eigenvalue weighted by molar-refractivity contribution is -0.143. The molecule has 8 heteroatoms. The van der Waals surface area contributed by atoms with Gasteiger partial charge in [-0.2, -0.15) is 0 Å². The first-order chi connectivity index (χ1) is 12.5. The summed E-state index contributed by atoms with van der Waals surface area (Å²) in [6, 6.07) is 4.98. The van der Waals surface area contributed by atoms with Crippen molar-refractivity contribution < 1.29 is 19.1 Å². The van der Waals surface area contributed by atoms with Crippen molar-refractivity contribution in [2.24, 2.45) is 0 Å². The van der Waals surface area contributed by atoms with Crippen molar-refractivity contribution in [3.05, 3.63) is 27.3 Å². The van der Waals surface area contributed by atoms with Crippen LogP contribution in [0, 0.1) is 3.57 Å². The van der Waals surface area contributed by atoms with Crippen LogP contribution in [0.5, 0.6) is 0 Å². The Labute approximate surface area is 182 Å². The number of amides is 2. The summed E-state index contributed by atoms with van der Waals surface area (Å²) in [6.07, 6.45) is 0.0855. The van der Waals surface area contributed by atoms with Gasteiger partial charge in [-0.15, -0.1) is 0 Å². The van der Waals surface area contributed by atoms with Gasteiger partial charge >= 0.3 is 5.97 Å². The third kappa shape index (κ3) is 7.06. The number of rotatable bonds is 7. The van der Waals surface area contributed by atoms with Crippen LogP contribution in [0.15, 0.2) is 18.2 Å². The fourth-order valence-electron chi connectivity index (χ4n) is 2.64. The zero-order chi connectivity index (χ0) is 20.8. The molecule has 0 spiro atoms. The second-order valence-electron chi connectivity index (χ2n) is 7.08. The van der Waals surface area contributed by atoms with Crippen LogP contribution in [0.1, 0.15) is 51.4 Å². The van der Waals surface area contributed by atoms with Crippen molar-refractivity contribution >= 4 is 62.0 Å². The quantitative estimate of drug-likeness (QED) is 0.316. The number of ether oxygens (including phenoxy) is 1. The topological polar surface area (TPSA) is 75.7 Å². The average Bonchev–Trinajstić information content (AvgIpc) is 2.54. The van der Waals surface area contributed by atoms with Gasteiger partial charge in [-0.3, -0.25) is 14.4 Å². The molecule has 0 aromatic heterocycles. The molecule has 0 saturated heterocycles. The van der Waals surface area contributed by atoms with Crippen molar-refractivity contribution in [2.45, 2.75) is 52.6 Å². The van der Waals surface area contributed by atoms with Crippen molar-refractivity contribution in [3.8, 4) is 0 Å². The number of hydrogen-bond acceptors (Lipinski definition) is 4. The molecular formula is C19H26BrIN2O4. The van der Waals surface area contributed by atoms with Crippen LogP contribution in [0.2, 0.25) is 0 Å². The first-order valence-electron chi connectivity index (χ1n) is 8.66. The smallest absolute Gasteiger partial charge is 0.307 e. The second kappa shape index (κ2) is 10.4. The first-order valence-corrected chi connectivity index (χ1v) is 10.9. The molecule has 0 unspecified atom stereocenters. The molecule has 1 aromatic rings. The molecular weight excluding hydrogens is 527 g/mol. The van der Waals surface area contributed by atoms with E-state index in [0.29, 0.717) is 17.9 Å². The second-order valence-corrected chi connectivity index (χ2v) is 8.89. The fraction of sp³-hybridized carbons (Fsp3) is 0.526. The number of benzene rings is 1. The van der Waals surface area contributed by atoms with E-state index in [1.165, 1.54) is 0 Å². The van der Waals surface area contributed by atoms with Crippen LogP contribution < -0.4 is 10.2 Å². The Morgan fingerprint density at radius 2 is 1.93 bits per heavy atom. The van der Waals surface area contributed by atoms with Crippen LogP contribution >= 0.6 is 38.5 Å². The molecule has 2 amide bonds. The van der Waals surface area contributed by atoms with Crippen molar-refractivity contribution in [1.29, 1.82) is 0 Å². The van der Waals surface area contributed by atoms with Crippen LogP contribution in [-0.2, 0) is 14.3 Å². The number of carbonyl (C=O) groups is 3. The predicted octanol–water partition coefficient (Wildman–Crippen LogP) is 3.89. The Balaban J connectivity index is 3.20. The summed E-state index contributed by atoms with van der Waals surface area (Å²) < 4.78 is 5.80. The molecule has 1 rings (SSSR count). The molecule has 1 aromatic carbocycles. The van der Waals surface area contributed by atoms with Gasteiger partial charge in [0.2, 0.25) is 5.91 Å². The molecule has 1 N–H and O–H groups in total. The fourth-order valence-corrected chi connectivity index (χ4v) is 3.38. The SMILES string of the molecule is CCOC(=O)C[C@H](C)NC(=O)c1cc(I)ccc1N(C(=O)CBr)C(C)(C)C. The number of nitrogens with one attached hydrogen (secondary N) is 1.